The summed E-state index contributed by atoms with van der Waals surface area (Å²) in [6.07, 6.45) is 2.07. The third-order valence-electron chi connectivity index (χ3n) is 3.57. The average molecular weight is 347 g/mol. The summed E-state index contributed by atoms with van der Waals surface area (Å²) in [5.41, 5.74) is 0.793. The Morgan fingerprint density at radius 2 is 2.32 bits per heavy atom. The zero-order chi connectivity index (χ0) is 13.7. The van der Waals surface area contributed by atoms with E-state index in [9.17, 15) is 4.79 Å². The van der Waals surface area contributed by atoms with Gasteiger partial charge in [0.15, 0.2) is 0 Å². The molecular formula is C13H19BrN2O2S. The van der Waals surface area contributed by atoms with Crippen LogP contribution in [-0.2, 0) is 4.74 Å². The minimum atomic E-state index is -0.00374. The normalized spacial score (nSPS) is 18.2. The Morgan fingerprint density at radius 1 is 1.58 bits per heavy atom. The van der Waals surface area contributed by atoms with Crippen LogP contribution < -0.4 is 10.6 Å². The van der Waals surface area contributed by atoms with E-state index in [2.05, 4.69) is 26.6 Å². The van der Waals surface area contributed by atoms with Gasteiger partial charge in [-0.1, -0.05) is 0 Å². The van der Waals surface area contributed by atoms with Crippen molar-refractivity contribution < 1.29 is 9.53 Å². The van der Waals surface area contributed by atoms with Crippen LogP contribution in [0, 0.1) is 5.41 Å². The van der Waals surface area contributed by atoms with Crippen molar-refractivity contribution in [2.75, 3.05) is 33.4 Å². The van der Waals surface area contributed by atoms with Crippen LogP contribution in [0.25, 0.3) is 0 Å². The smallest absolute Gasteiger partial charge is 0.252 e. The lowest BCUT2D eigenvalue weighted by Crippen LogP contribution is -2.47. The van der Waals surface area contributed by atoms with E-state index in [0.717, 1.165) is 35.3 Å². The molecule has 1 saturated heterocycles. The average Bonchev–Trinajstić information content (AvgIpc) is 2.84. The molecule has 1 fully saturated rings. The van der Waals surface area contributed by atoms with Gasteiger partial charge in [0.1, 0.15) is 0 Å². The lowest BCUT2D eigenvalue weighted by Gasteiger charge is -2.37. The number of carbonyl (C=O) groups excluding carboxylic acids is 1. The Hall–Kier alpha value is -0.430. The number of methoxy groups -OCH3 is 1. The second kappa shape index (κ2) is 6.83. The molecule has 0 aromatic carbocycles. The van der Waals surface area contributed by atoms with Gasteiger partial charge in [0.25, 0.3) is 5.91 Å². The van der Waals surface area contributed by atoms with E-state index in [-0.39, 0.29) is 11.3 Å². The molecule has 1 aromatic rings. The summed E-state index contributed by atoms with van der Waals surface area (Å²) in [7, 11) is 1.72. The maximum absolute atomic E-state index is 12.1. The molecule has 0 radical (unpaired) electrons. The maximum Gasteiger partial charge on any atom is 0.252 e. The van der Waals surface area contributed by atoms with E-state index in [0.29, 0.717) is 13.2 Å². The standard InChI is InChI=1S/C13H19BrN2O2S/c1-18-9-13(2-4-15-5-3-13)8-16-12(17)10-6-11(14)19-7-10/h6-7,15H,2-5,8-9H2,1H3,(H,16,17). The Labute approximate surface area is 126 Å². The highest BCUT2D eigenvalue weighted by atomic mass is 79.9. The van der Waals surface area contributed by atoms with Gasteiger partial charge in [-0.05, 0) is 47.9 Å². The number of hydrogen-bond acceptors (Lipinski definition) is 4. The molecule has 19 heavy (non-hydrogen) atoms. The number of carbonyl (C=O) groups is 1. The number of thiophene rings is 1. The summed E-state index contributed by atoms with van der Waals surface area (Å²) in [4.78, 5) is 12.1. The maximum atomic E-state index is 12.1. The fraction of sp³-hybridized carbons (Fsp3) is 0.615. The van der Waals surface area contributed by atoms with Crippen LogP contribution >= 0.6 is 27.3 Å². The lowest BCUT2D eigenvalue weighted by atomic mass is 9.79. The minimum absolute atomic E-state index is 0.00374. The SMILES string of the molecule is COCC1(CNC(=O)c2csc(Br)c2)CCNCC1. The number of rotatable bonds is 5. The molecule has 1 amide bonds. The van der Waals surface area contributed by atoms with Gasteiger partial charge >= 0.3 is 0 Å². The fourth-order valence-electron chi connectivity index (χ4n) is 2.43. The number of halogens is 1. The van der Waals surface area contributed by atoms with E-state index in [1.165, 1.54) is 11.3 Å². The van der Waals surface area contributed by atoms with Crippen molar-refractivity contribution in [3.8, 4) is 0 Å². The zero-order valence-corrected chi connectivity index (χ0v) is 13.4. The summed E-state index contributed by atoms with van der Waals surface area (Å²) in [5, 5.41) is 8.26. The van der Waals surface area contributed by atoms with Gasteiger partial charge in [0, 0.05) is 24.4 Å². The summed E-state index contributed by atoms with van der Waals surface area (Å²) in [5.74, 6) is -0.00374. The van der Waals surface area contributed by atoms with Crippen molar-refractivity contribution in [3.63, 3.8) is 0 Å². The molecule has 6 heteroatoms. The van der Waals surface area contributed by atoms with Gasteiger partial charge in [0.2, 0.25) is 0 Å². The van der Waals surface area contributed by atoms with E-state index >= 15 is 0 Å². The van der Waals surface area contributed by atoms with E-state index in [4.69, 9.17) is 4.74 Å². The topological polar surface area (TPSA) is 50.4 Å². The quantitative estimate of drug-likeness (QED) is 0.859. The van der Waals surface area contributed by atoms with E-state index < -0.39 is 0 Å². The summed E-state index contributed by atoms with van der Waals surface area (Å²) < 4.78 is 6.32. The number of nitrogens with one attached hydrogen (secondary N) is 2. The van der Waals surface area contributed by atoms with Gasteiger partial charge in [-0.3, -0.25) is 4.79 Å². The molecule has 4 nitrogen and oxygen atoms in total. The molecule has 0 atom stereocenters. The Morgan fingerprint density at radius 3 is 2.89 bits per heavy atom. The first-order valence-electron chi connectivity index (χ1n) is 6.37. The number of hydrogen-bond donors (Lipinski definition) is 2. The third-order valence-corrected chi connectivity index (χ3v) is 5.07. The molecule has 2 N–H and O–H groups in total. The highest BCUT2D eigenvalue weighted by Gasteiger charge is 2.32. The molecule has 2 heterocycles. The van der Waals surface area contributed by atoms with Crippen molar-refractivity contribution in [1.29, 1.82) is 0 Å². The highest BCUT2D eigenvalue weighted by Crippen LogP contribution is 2.28. The molecule has 106 valence electrons. The molecule has 1 aliphatic heterocycles. The largest absolute Gasteiger partial charge is 0.384 e. The number of ether oxygens (including phenoxy) is 1. The van der Waals surface area contributed by atoms with Gasteiger partial charge in [-0.2, -0.15) is 0 Å². The first-order chi connectivity index (χ1) is 9.15. The molecule has 0 unspecified atom stereocenters. The lowest BCUT2D eigenvalue weighted by molar-refractivity contribution is 0.0512. The molecule has 2 rings (SSSR count). The highest BCUT2D eigenvalue weighted by molar-refractivity contribution is 9.11. The number of piperidine rings is 1. The van der Waals surface area contributed by atoms with E-state index in [1.807, 2.05) is 11.4 Å². The minimum Gasteiger partial charge on any atom is -0.384 e. The molecule has 1 aromatic heterocycles. The Bertz CT molecular complexity index is 425. The van der Waals surface area contributed by atoms with Gasteiger partial charge in [0.05, 0.1) is 16.0 Å². The summed E-state index contributed by atoms with van der Waals surface area (Å²) >= 11 is 4.90. The predicted octanol–water partition coefficient (Wildman–Crippen LogP) is 2.26. The molecule has 1 aliphatic rings. The monoisotopic (exact) mass is 346 g/mol. The first-order valence-corrected chi connectivity index (χ1v) is 8.04. The number of amides is 1. The molecule has 0 bridgehead atoms. The summed E-state index contributed by atoms with van der Waals surface area (Å²) in [6.45, 7) is 3.35. The molecule has 0 spiro atoms. The van der Waals surface area contributed by atoms with Crippen molar-refractivity contribution in [3.05, 3.63) is 20.8 Å². The molecular weight excluding hydrogens is 328 g/mol. The van der Waals surface area contributed by atoms with Gasteiger partial charge < -0.3 is 15.4 Å². The van der Waals surface area contributed by atoms with Crippen LogP contribution in [0.4, 0.5) is 0 Å². The van der Waals surface area contributed by atoms with Gasteiger partial charge in [-0.25, -0.2) is 0 Å². The third kappa shape index (κ3) is 4.02. The second-order valence-corrected chi connectivity index (χ2v) is 7.30. The molecule has 0 aliphatic carbocycles. The molecule has 0 saturated carbocycles. The van der Waals surface area contributed by atoms with E-state index in [1.54, 1.807) is 7.11 Å². The van der Waals surface area contributed by atoms with Crippen molar-refractivity contribution in [2.45, 2.75) is 12.8 Å². The zero-order valence-electron chi connectivity index (χ0n) is 11.0. The predicted molar refractivity (Wildman–Crippen MR) is 80.8 cm³/mol. The summed E-state index contributed by atoms with van der Waals surface area (Å²) in [6, 6.07) is 1.85. The Kier molecular flexibility index (Phi) is 5.38. The fourth-order valence-corrected chi connectivity index (χ4v) is 3.57. The van der Waals surface area contributed by atoms with Crippen LogP contribution in [0.5, 0.6) is 0 Å². The van der Waals surface area contributed by atoms with Crippen LogP contribution in [0.1, 0.15) is 23.2 Å². The second-order valence-electron chi connectivity index (χ2n) is 5.01. The van der Waals surface area contributed by atoms with Crippen molar-refractivity contribution >= 4 is 33.2 Å². The van der Waals surface area contributed by atoms with Gasteiger partial charge in [-0.15, -0.1) is 11.3 Å². The van der Waals surface area contributed by atoms with Crippen molar-refractivity contribution in [1.82, 2.24) is 10.6 Å². The van der Waals surface area contributed by atoms with Crippen LogP contribution in [0.15, 0.2) is 15.2 Å². The van der Waals surface area contributed by atoms with Crippen LogP contribution in [-0.4, -0.2) is 39.3 Å². The Balaban J connectivity index is 1.93. The van der Waals surface area contributed by atoms with Crippen LogP contribution in [0.3, 0.4) is 0 Å². The first kappa shape index (κ1) is 15.0. The van der Waals surface area contributed by atoms with Crippen LogP contribution in [0.2, 0.25) is 0 Å². The van der Waals surface area contributed by atoms with Crippen molar-refractivity contribution in [2.24, 2.45) is 5.41 Å².